The van der Waals surface area contributed by atoms with E-state index < -0.39 is 0 Å². The second-order valence-electron chi connectivity index (χ2n) is 5.05. The smallest absolute Gasteiger partial charge is 0.316 e. The summed E-state index contributed by atoms with van der Waals surface area (Å²) in [5, 5.41) is 0. The fourth-order valence-corrected chi connectivity index (χ4v) is 4.14. The number of hydrogen-bond acceptors (Lipinski definition) is 5. The van der Waals surface area contributed by atoms with Gasteiger partial charge in [-0.05, 0) is 40.9 Å². The summed E-state index contributed by atoms with van der Waals surface area (Å²) in [5.74, 6) is 2.63. The van der Waals surface area contributed by atoms with E-state index in [2.05, 4.69) is 42.6 Å². The van der Waals surface area contributed by atoms with Crippen molar-refractivity contribution in [1.29, 1.82) is 0 Å². The van der Waals surface area contributed by atoms with E-state index in [0.717, 1.165) is 36.4 Å². The number of piperidine rings is 1. The zero-order chi connectivity index (χ0) is 13.1. The molecule has 0 aromatic carbocycles. The van der Waals surface area contributed by atoms with Crippen molar-refractivity contribution in [3.8, 4) is 6.01 Å². The molecule has 0 amide bonds. The Labute approximate surface area is 126 Å². The van der Waals surface area contributed by atoms with E-state index in [1.165, 1.54) is 17.9 Å². The Balaban J connectivity index is 1.48. The molecule has 2 fully saturated rings. The normalized spacial score (nSPS) is 25.6. The molecule has 1 aromatic heterocycles. The minimum absolute atomic E-state index is 0.270. The van der Waals surface area contributed by atoms with E-state index in [0.29, 0.717) is 6.01 Å². The topological polar surface area (TPSA) is 38.2 Å². The molecule has 0 saturated carbocycles. The third kappa shape index (κ3) is 3.61. The number of rotatable bonds is 3. The van der Waals surface area contributed by atoms with Crippen LogP contribution in [-0.2, 0) is 0 Å². The van der Waals surface area contributed by atoms with Crippen LogP contribution in [0.3, 0.4) is 0 Å². The molecular formula is C13H18BrN3OS. The summed E-state index contributed by atoms with van der Waals surface area (Å²) in [6, 6.07) is 1.30. The molecule has 2 aliphatic rings. The zero-order valence-electron chi connectivity index (χ0n) is 10.8. The first-order valence-corrected chi connectivity index (χ1v) is 8.72. The highest BCUT2D eigenvalue weighted by Crippen LogP contribution is 2.26. The first-order valence-electron chi connectivity index (χ1n) is 6.77. The minimum atomic E-state index is 0.270. The molecule has 1 unspecified atom stereocenters. The van der Waals surface area contributed by atoms with Gasteiger partial charge in [-0.3, -0.25) is 4.90 Å². The van der Waals surface area contributed by atoms with Crippen LogP contribution in [0.25, 0.3) is 0 Å². The van der Waals surface area contributed by atoms with Crippen LogP contribution < -0.4 is 4.74 Å². The van der Waals surface area contributed by atoms with E-state index in [1.807, 2.05) is 0 Å². The maximum atomic E-state index is 5.85. The van der Waals surface area contributed by atoms with E-state index in [9.17, 15) is 0 Å². The summed E-state index contributed by atoms with van der Waals surface area (Å²) >= 11 is 5.41. The highest BCUT2D eigenvalue weighted by molar-refractivity contribution is 9.10. The molecule has 3 heterocycles. The molecule has 0 spiro atoms. The van der Waals surface area contributed by atoms with Gasteiger partial charge >= 0.3 is 6.01 Å². The van der Waals surface area contributed by atoms with Crippen molar-refractivity contribution in [3.63, 3.8) is 0 Å². The van der Waals surface area contributed by atoms with Gasteiger partial charge < -0.3 is 4.74 Å². The number of likely N-dealkylation sites (tertiary alicyclic amines) is 1. The number of nitrogens with zero attached hydrogens (tertiary/aromatic N) is 3. The second-order valence-corrected chi connectivity index (χ2v) is 7.12. The van der Waals surface area contributed by atoms with Gasteiger partial charge in [0.15, 0.2) is 0 Å². The SMILES string of the molecule is Brc1cnc(OC2CCN(C3CCSC3)CC2)nc1. The lowest BCUT2D eigenvalue weighted by Crippen LogP contribution is -2.44. The van der Waals surface area contributed by atoms with Crippen molar-refractivity contribution in [2.75, 3.05) is 24.6 Å². The summed E-state index contributed by atoms with van der Waals surface area (Å²) in [6.07, 6.45) is 7.25. The van der Waals surface area contributed by atoms with Crippen LogP contribution >= 0.6 is 27.7 Å². The third-order valence-electron chi connectivity index (χ3n) is 3.77. The molecular weight excluding hydrogens is 326 g/mol. The molecule has 0 radical (unpaired) electrons. The molecule has 4 nitrogen and oxygen atoms in total. The summed E-state index contributed by atoms with van der Waals surface area (Å²) in [7, 11) is 0. The monoisotopic (exact) mass is 343 g/mol. The molecule has 2 aliphatic heterocycles. The van der Waals surface area contributed by atoms with E-state index in [-0.39, 0.29) is 6.10 Å². The fraction of sp³-hybridized carbons (Fsp3) is 0.692. The van der Waals surface area contributed by atoms with Crippen molar-refractivity contribution in [2.45, 2.75) is 31.4 Å². The second kappa shape index (κ2) is 6.41. The van der Waals surface area contributed by atoms with Crippen LogP contribution in [-0.4, -0.2) is 51.6 Å². The number of halogens is 1. The number of ether oxygens (including phenoxy) is 1. The summed E-state index contributed by atoms with van der Waals surface area (Å²) < 4.78 is 6.73. The van der Waals surface area contributed by atoms with Crippen LogP contribution in [0.2, 0.25) is 0 Å². The van der Waals surface area contributed by atoms with Crippen molar-refractivity contribution in [2.24, 2.45) is 0 Å². The number of aromatic nitrogens is 2. The van der Waals surface area contributed by atoms with Gasteiger partial charge in [-0.25, -0.2) is 9.97 Å². The summed E-state index contributed by atoms with van der Waals surface area (Å²) in [5.41, 5.74) is 0. The predicted molar refractivity (Wildman–Crippen MR) is 80.7 cm³/mol. The lowest BCUT2D eigenvalue weighted by molar-refractivity contribution is 0.0754. The van der Waals surface area contributed by atoms with Crippen molar-refractivity contribution >= 4 is 27.7 Å². The van der Waals surface area contributed by atoms with Gasteiger partial charge in [0.05, 0.1) is 4.47 Å². The molecule has 0 N–H and O–H groups in total. The number of thioether (sulfide) groups is 1. The molecule has 19 heavy (non-hydrogen) atoms. The molecule has 104 valence electrons. The number of hydrogen-bond donors (Lipinski definition) is 0. The maximum absolute atomic E-state index is 5.85. The van der Waals surface area contributed by atoms with Crippen LogP contribution in [0.5, 0.6) is 6.01 Å². The lowest BCUT2D eigenvalue weighted by Gasteiger charge is -2.35. The Morgan fingerprint density at radius 3 is 2.58 bits per heavy atom. The lowest BCUT2D eigenvalue weighted by atomic mass is 10.1. The standard InChI is InChI=1S/C13H18BrN3OS/c14-10-7-15-13(16-8-10)18-12-1-4-17(5-2-12)11-3-6-19-9-11/h7-8,11-12H,1-6,9H2. The van der Waals surface area contributed by atoms with E-state index >= 15 is 0 Å². The molecule has 0 aliphatic carbocycles. The van der Waals surface area contributed by atoms with Crippen LogP contribution in [0, 0.1) is 0 Å². The highest BCUT2D eigenvalue weighted by Gasteiger charge is 2.28. The predicted octanol–water partition coefficient (Wildman–Crippen LogP) is 2.59. The molecule has 6 heteroatoms. The Morgan fingerprint density at radius 1 is 1.21 bits per heavy atom. The Kier molecular flexibility index (Phi) is 4.61. The van der Waals surface area contributed by atoms with Gasteiger partial charge in [0.1, 0.15) is 6.10 Å². The summed E-state index contributed by atoms with van der Waals surface area (Å²) in [4.78, 5) is 11.0. The molecule has 1 aromatic rings. The molecule has 3 rings (SSSR count). The fourth-order valence-electron chi connectivity index (χ4n) is 2.68. The quantitative estimate of drug-likeness (QED) is 0.843. The van der Waals surface area contributed by atoms with Gasteiger partial charge in [-0.1, -0.05) is 0 Å². The Morgan fingerprint density at radius 2 is 1.95 bits per heavy atom. The summed E-state index contributed by atoms with van der Waals surface area (Å²) in [6.45, 7) is 2.29. The average Bonchev–Trinajstić information content (AvgIpc) is 2.96. The van der Waals surface area contributed by atoms with Gasteiger partial charge in [0, 0.05) is 37.3 Å². The van der Waals surface area contributed by atoms with E-state index in [1.54, 1.807) is 12.4 Å². The first-order chi connectivity index (χ1) is 9.31. The minimum Gasteiger partial charge on any atom is -0.460 e. The van der Waals surface area contributed by atoms with E-state index in [4.69, 9.17) is 4.74 Å². The Hall–Kier alpha value is -0.330. The van der Waals surface area contributed by atoms with Crippen LogP contribution in [0.1, 0.15) is 19.3 Å². The molecule has 2 saturated heterocycles. The first kappa shape index (κ1) is 13.6. The van der Waals surface area contributed by atoms with Gasteiger partial charge in [0.2, 0.25) is 0 Å². The largest absolute Gasteiger partial charge is 0.460 e. The molecule has 0 bridgehead atoms. The van der Waals surface area contributed by atoms with Gasteiger partial charge in [-0.2, -0.15) is 11.8 Å². The van der Waals surface area contributed by atoms with Crippen molar-refractivity contribution in [1.82, 2.24) is 14.9 Å². The highest BCUT2D eigenvalue weighted by atomic mass is 79.9. The van der Waals surface area contributed by atoms with Gasteiger partial charge in [-0.15, -0.1) is 0 Å². The van der Waals surface area contributed by atoms with Crippen molar-refractivity contribution < 1.29 is 4.74 Å². The Bertz CT molecular complexity index is 403. The van der Waals surface area contributed by atoms with Crippen LogP contribution in [0.15, 0.2) is 16.9 Å². The third-order valence-corrected chi connectivity index (χ3v) is 5.32. The van der Waals surface area contributed by atoms with Crippen molar-refractivity contribution in [3.05, 3.63) is 16.9 Å². The van der Waals surface area contributed by atoms with Crippen LogP contribution in [0.4, 0.5) is 0 Å². The molecule has 1 atom stereocenters. The zero-order valence-corrected chi connectivity index (χ0v) is 13.2. The average molecular weight is 344 g/mol. The van der Waals surface area contributed by atoms with Gasteiger partial charge in [0.25, 0.3) is 0 Å². The maximum Gasteiger partial charge on any atom is 0.316 e.